The van der Waals surface area contributed by atoms with E-state index < -0.39 is 0 Å². The highest BCUT2D eigenvalue weighted by atomic mass is 16.5. The van der Waals surface area contributed by atoms with E-state index in [0.717, 1.165) is 0 Å². The number of allylic oxidation sites excluding steroid dienone is 1. The number of rotatable bonds is 7. The molecule has 132 valence electrons. The summed E-state index contributed by atoms with van der Waals surface area (Å²) in [6.45, 7) is 0. The molecule has 0 saturated heterocycles. The van der Waals surface area contributed by atoms with E-state index in [9.17, 15) is 9.90 Å². The maximum atomic E-state index is 12.6. The zero-order chi connectivity index (χ0) is 18.4. The first-order valence-electron chi connectivity index (χ1n) is 7.43. The standard InChI is InChI=1S/C19H20O6/c1-22-13-7-5-12(16(21)9-13)6-8-15(20)19-17(24-3)10-14(23-2)11-18(19)25-4/h5-11,21H,1-4H3. The fourth-order valence-corrected chi connectivity index (χ4v) is 2.29. The number of carbonyl (C=O) groups is 1. The molecule has 0 atom stereocenters. The molecule has 0 unspecified atom stereocenters. The van der Waals surface area contributed by atoms with Crippen LogP contribution in [-0.4, -0.2) is 39.3 Å². The molecule has 6 heteroatoms. The van der Waals surface area contributed by atoms with Crippen molar-refractivity contribution in [2.45, 2.75) is 0 Å². The number of methoxy groups -OCH3 is 4. The first kappa shape index (κ1) is 18.2. The number of carbonyl (C=O) groups excluding carboxylic acids is 1. The lowest BCUT2D eigenvalue weighted by atomic mass is 10.1. The molecule has 6 nitrogen and oxygen atoms in total. The van der Waals surface area contributed by atoms with Gasteiger partial charge in [0.1, 0.15) is 34.3 Å². The van der Waals surface area contributed by atoms with Crippen LogP contribution in [0.4, 0.5) is 0 Å². The van der Waals surface area contributed by atoms with E-state index >= 15 is 0 Å². The Balaban J connectivity index is 2.37. The van der Waals surface area contributed by atoms with Gasteiger partial charge in [0.05, 0.1) is 28.4 Å². The molecule has 0 spiro atoms. The maximum Gasteiger partial charge on any atom is 0.193 e. The van der Waals surface area contributed by atoms with Crippen LogP contribution >= 0.6 is 0 Å². The van der Waals surface area contributed by atoms with Crippen LogP contribution in [0.15, 0.2) is 36.4 Å². The van der Waals surface area contributed by atoms with Gasteiger partial charge in [-0.3, -0.25) is 4.79 Å². The molecule has 0 heterocycles. The number of hydrogen-bond donors (Lipinski definition) is 1. The second-order valence-electron chi connectivity index (χ2n) is 5.03. The minimum absolute atomic E-state index is 0.0112. The highest BCUT2D eigenvalue weighted by molar-refractivity contribution is 6.10. The molecule has 0 saturated carbocycles. The zero-order valence-electron chi connectivity index (χ0n) is 14.5. The van der Waals surface area contributed by atoms with Crippen LogP contribution in [0.5, 0.6) is 28.7 Å². The Labute approximate surface area is 146 Å². The van der Waals surface area contributed by atoms with Crippen molar-refractivity contribution in [3.05, 3.63) is 47.5 Å². The first-order valence-corrected chi connectivity index (χ1v) is 7.43. The second-order valence-corrected chi connectivity index (χ2v) is 5.03. The molecule has 2 aromatic rings. The Morgan fingerprint density at radius 1 is 0.880 bits per heavy atom. The molecule has 25 heavy (non-hydrogen) atoms. The van der Waals surface area contributed by atoms with Crippen molar-refractivity contribution in [3.63, 3.8) is 0 Å². The summed E-state index contributed by atoms with van der Waals surface area (Å²) < 4.78 is 20.8. The molecule has 0 aliphatic heterocycles. The van der Waals surface area contributed by atoms with Crippen molar-refractivity contribution >= 4 is 11.9 Å². The summed E-state index contributed by atoms with van der Waals surface area (Å²) in [4.78, 5) is 12.6. The summed E-state index contributed by atoms with van der Waals surface area (Å²) in [5.74, 6) is 1.40. The maximum absolute atomic E-state index is 12.6. The largest absolute Gasteiger partial charge is 0.507 e. The predicted octanol–water partition coefficient (Wildman–Crippen LogP) is 3.32. The number of phenols is 1. The van der Waals surface area contributed by atoms with Gasteiger partial charge in [-0.1, -0.05) is 0 Å². The number of hydrogen-bond acceptors (Lipinski definition) is 6. The van der Waals surface area contributed by atoms with E-state index in [2.05, 4.69) is 0 Å². The van der Waals surface area contributed by atoms with Crippen LogP contribution in [-0.2, 0) is 0 Å². The van der Waals surface area contributed by atoms with Gasteiger partial charge in [0.2, 0.25) is 0 Å². The van der Waals surface area contributed by atoms with Gasteiger partial charge < -0.3 is 24.1 Å². The van der Waals surface area contributed by atoms with Crippen LogP contribution in [0.3, 0.4) is 0 Å². The Kier molecular flexibility index (Phi) is 5.89. The topological polar surface area (TPSA) is 74.2 Å². The quantitative estimate of drug-likeness (QED) is 0.613. The Bertz CT molecular complexity index is 769. The van der Waals surface area contributed by atoms with Crippen molar-refractivity contribution in [3.8, 4) is 28.7 Å². The lowest BCUT2D eigenvalue weighted by Crippen LogP contribution is -2.03. The van der Waals surface area contributed by atoms with Gasteiger partial charge >= 0.3 is 0 Å². The fourth-order valence-electron chi connectivity index (χ4n) is 2.29. The minimum atomic E-state index is -0.327. The van der Waals surface area contributed by atoms with E-state index in [1.807, 2.05) is 0 Å². The molecular weight excluding hydrogens is 324 g/mol. The van der Waals surface area contributed by atoms with E-state index in [-0.39, 0.29) is 17.1 Å². The molecule has 1 N–H and O–H groups in total. The van der Waals surface area contributed by atoms with Crippen molar-refractivity contribution in [1.29, 1.82) is 0 Å². The van der Waals surface area contributed by atoms with Gasteiger partial charge in [0.15, 0.2) is 5.78 Å². The molecule has 0 aliphatic rings. The average molecular weight is 344 g/mol. The van der Waals surface area contributed by atoms with E-state index in [4.69, 9.17) is 18.9 Å². The smallest absolute Gasteiger partial charge is 0.193 e. The fraction of sp³-hybridized carbons (Fsp3) is 0.211. The normalized spacial score (nSPS) is 10.6. The number of phenolic OH excluding ortho intramolecular Hbond substituents is 1. The summed E-state index contributed by atoms with van der Waals surface area (Å²) >= 11 is 0. The number of aromatic hydroxyl groups is 1. The third-order valence-electron chi connectivity index (χ3n) is 3.61. The van der Waals surface area contributed by atoms with Crippen molar-refractivity contribution in [2.75, 3.05) is 28.4 Å². The van der Waals surface area contributed by atoms with Crippen LogP contribution < -0.4 is 18.9 Å². The summed E-state index contributed by atoms with van der Waals surface area (Å²) in [7, 11) is 5.95. The van der Waals surface area contributed by atoms with Crippen LogP contribution in [0.25, 0.3) is 6.08 Å². The lowest BCUT2D eigenvalue weighted by molar-refractivity contribution is 0.104. The van der Waals surface area contributed by atoms with E-state index in [1.54, 1.807) is 24.3 Å². The average Bonchev–Trinajstić information content (AvgIpc) is 2.65. The summed E-state index contributed by atoms with van der Waals surface area (Å²) in [5, 5.41) is 9.97. The molecule has 0 radical (unpaired) electrons. The van der Waals surface area contributed by atoms with Gasteiger partial charge in [0.25, 0.3) is 0 Å². The highest BCUT2D eigenvalue weighted by Crippen LogP contribution is 2.35. The van der Waals surface area contributed by atoms with Gasteiger partial charge in [0, 0.05) is 23.8 Å². The molecule has 0 amide bonds. The molecule has 0 bridgehead atoms. The number of ether oxygens (including phenoxy) is 4. The van der Waals surface area contributed by atoms with Gasteiger partial charge in [-0.15, -0.1) is 0 Å². The number of ketones is 1. The first-order chi connectivity index (χ1) is 12.0. The third kappa shape index (κ3) is 4.03. The van der Waals surface area contributed by atoms with Crippen molar-refractivity contribution in [1.82, 2.24) is 0 Å². The Hall–Kier alpha value is -3.15. The molecule has 0 aromatic heterocycles. The summed E-state index contributed by atoms with van der Waals surface area (Å²) in [6.07, 6.45) is 2.86. The van der Waals surface area contributed by atoms with Gasteiger partial charge in [-0.05, 0) is 24.3 Å². The SMILES string of the molecule is COc1ccc(C=CC(=O)c2c(OC)cc(OC)cc2OC)c(O)c1. The summed E-state index contributed by atoms with van der Waals surface area (Å²) in [6, 6.07) is 8.03. The molecule has 2 aromatic carbocycles. The summed E-state index contributed by atoms with van der Waals surface area (Å²) in [5.41, 5.74) is 0.760. The second kappa shape index (κ2) is 8.10. The Morgan fingerprint density at radius 2 is 1.48 bits per heavy atom. The van der Waals surface area contributed by atoms with Crippen LogP contribution in [0, 0.1) is 0 Å². The van der Waals surface area contributed by atoms with Crippen molar-refractivity contribution < 1.29 is 28.8 Å². The van der Waals surface area contributed by atoms with Gasteiger partial charge in [-0.25, -0.2) is 0 Å². The van der Waals surface area contributed by atoms with Crippen molar-refractivity contribution in [2.24, 2.45) is 0 Å². The van der Waals surface area contributed by atoms with Gasteiger partial charge in [-0.2, -0.15) is 0 Å². The molecular formula is C19H20O6. The number of benzene rings is 2. The third-order valence-corrected chi connectivity index (χ3v) is 3.61. The lowest BCUT2D eigenvalue weighted by Gasteiger charge is -2.13. The molecule has 0 fully saturated rings. The predicted molar refractivity (Wildman–Crippen MR) is 94.1 cm³/mol. The van der Waals surface area contributed by atoms with E-state index in [1.165, 1.54) is 46.7 Å². The highest BCUT2D eigenvalue weighted by Gasteiger charge is 2.18. The minimum Gasteiger partial charge on any atom is -0.507 e. The van der Waals surface area contributed by atoms with Crippen LogP contribution in [0.2, 0.25) is 0 Å². The molecule has 2 rings (SSSR count). The molecule has 0 aliphatic carbocycles. The Morgan fingerprint density at radius 3 is 1.96 bits per heavy atom. The van der Waals surface area contributed by atoms with E-state index in [0.29, 0.717) is 28.6 Å². The monoisotopic (exact) mass is 344 g/mol. The zero-order valence-corrected chi connectivity index (χ0v) is 14.5. The van der Waals surface area contributed by atoms with Crippen LogP contribution in [0.1, 0.15) is 15.9 Å².